The molecule has 1 saturated carbocycles. The van der Waals surface area contributed by atoms with Crippen molar-refractivity contribution in [3.05, 3.63) is 47.3 Å². The summed E-state index contributed by atoms with van der Waals surface area (Å²) in [7, 11) is 0. The van der Waals surface area contributed by atoms with E-state index in [-0.39, 0.29) is 47.1 Å². The molecule has 188 valence electrons. The summed E-state index contributed by atoms with van der Waals surface area (Å²) in [5.74, 6) is -0.326. The lowest BCUT2D eigenvalue weighted by molar-refractivity contribution is -0.286. The molecule has 2 atom stereocenters. The van der Waals surface area contributed by atoms with Gasteiger partial charge in [0.2, 0.25) is 5.91 Å². The molecule has 2 heterocycles. The SMILES string of the molecule is CC(C)(C)C1CC2CC(NC(=O)C3(c4ccc5c(c4)OC(F)(F)O5)CC3)=CC=C2N1CC(=O)CO. The number of aliphatic hydroxyl groups is 1. The molecule has 4 aliphatic rings. The number of aliphatic hydroxyl groups excluding tert-OH is 1. The third-order valence-electron chi connectivity index (χ3n) is 7.49. The van der Waals surface area contributed by atoms with Gasteiger partial charge in [0.15, 0.2) is 17.3 Å². The quantitative estimate of drug-likeness (QED) is 0.636. The molecule has 1 aromatic carbocycles. The lowest BCUT2D eigenvalue weighted by atomic mass is 9.82. The molecule has 1 saturated heterocycles. The van der Waals surface area contributed by atoms with Crippen LogP contribution in [0.15, 0.2) is 41.7 Å². The Morgan fingerprint density at radius 3 is 2.54 bits per heavy atom. The third kappa shape index (κ3) is 4.30. The Morgan fingerprint density at radius 2 is 1.89 bits per heavy atom. The Bertz CT molecular complexity index is 1130. The molecule has 9 heteroatoms. The molecule has 2 unspecified atom stereocenters. The van der Waals surface area contributed by atoms with Gasteiger partial charge < -0.3 is 24.8 Å². The van der Waals surface area contributed by atoms with Crippen LogP contribution in [0.25, 0.3) is 0 Å². The smallest absolute Gasteiger partial charge is 0.395 e. The first-order valence-electron chi connectivity index (χ1n) is 11.9. The molecule has 2 aliphatic heterocycles. The Hall–Kier alpha value is -2.94. The molecule has 0 bridgehead atoms. The lowest BCUT2D eigenvalue weighted by Gasteiger charge is -2.36. The molecular weight excluding hydrogens is 458 g/mol. The van der Waals surface area contributed by atoms with E-state index < -0.39 is 18.3 Å². The molecule has 0 radical (unpaired) electrons. The number of halogens is 2. The second-order valence-electron chi connectivity index (χ2n) is 11.0. The second-order valence-corrected chi connectivity index (χ2v) is 11.0. The molecule has 0 spiro atoms. The Morgan fingerprint density at radius 1 is 1.17 bits per heavy atom. The standard InChI is InChI=1S/C26H30F2N2O5/c1-24(2,3)22-11-15-10-17(5-6-19(15)30(22)13-18(32)14-31)29-23(33)25(8-9-25)16-4-7-20-21(12-16)35-26(27,28)34-20/h4-7,12,15,22,31H,8-11,13-14H2,1-3H3,(H,29,33). The maximum Gasteiger partial charge on any atom is 0.586 e. The number of ether oxygens (including phenoxy) is 2. The van der Waals surface area contributed by atoms with Crippen LogP contribution >= 0.6 is 0 Å². The number of hydrogen-bond acceptors (Lipinski definition) is 6. The third-order valence-corrected chi connectivity index (χ3v) is 7.49. The molecule has 2 N–H and O–H groups in total. The van der Waals surface area contributed by atoms with Crippen molar-refractivity contribution in [1.29, 1.82) is 0 Å². The van der Waals surface area contributed by atoms with E-state index in [9.17, 15) is 23.5 Å². The average Bonchev–Trinajstić information content (AvgIpc) is 3.42. The average molecular weight is 489 g/mol. The van der Waals surface area contributed by atoms with Crippen LogP contribution in [-0.4, -0.2) is 47.2 Å². The van der Waals surface area contributed by atoms with Crippen LogP contribution in [0, 0.1) is 11.3 Å². The molecule has 35 heavy (non-hydrogen) atoms. The van der Waals surface area contributed by atoms with Crippen LogP contribution in [0.1, 0.15) is 52.0 Å². The van der Waals surface area contributed by atoms with Crippen molar-refractivity contribution >= 4 is 11.7 Å². The summed E-state index contributed by atoms with van der Waals surface area (Å²) < 4.78 is 35.8. The largest absolute Gasteiger partial charge is 0.586 e. The number of rotatable bonds is 6. The van der Waals surface area contributed by atoms with Crippen LogP contribution in [0.5, 0.6) is 11.5 Å². The Balaban J connectivity index is 1.32. The van der Waals surface area contributed by atoms with Crippen molar-refractivity contribution in [3.8, 4) is 11.5 Å². The highest BCUT2D eigenvalue weighted by atomic mass is 19.3. The summed E-state index contributed by atoms with van der Waals surface area (Å²) in [6, 6.07) is 4.67. The van der Waals surface area contributed by atoms with Crippen molar-refractivity contribution in [3.63, 3.8) is 0 Å². The first kappa shape index (κ1) is 23.8. The lowest BCUT2D eigenvalue weighted by Crippen LogP contribution is -2.42. The number of nitrogens with one attached hydrogen (secondary N) is 1. The van der Waals surface area contributed by atoms with Crippen molar-refractivity contribution in [1.82, 2.24) is 10.2 Å². The Kier molecular flexibility index (Phi) is 5.47. The van der Waals surface area contributed by atoms with E-state index in [1.54, 1.807) is 6.07 Å². The van der Waals surface area contributed by atoms with Gasteiger partial charge in [0.1, 0.15) is 6.61 Å². The number of allylic oxidation sites excluding steroid dienone is 4. The van der Waals surface area contributed by atoms with Crippen LogP contribution in [0.2, 0.25) is 0 Å². The number of benzene rings is 1. The molecule has 5 rings (SSSR count). The summed E-state index contributed by atoms with van der Waals surface area (Å²) in [6.07, 6.45) is 2.87. The maximum absolute atomic E-state index is 13.4. The fraction of sp³-hybridized carbons (Fsp3) is 0.538. The van der Waals surface area contributed by atoms with Gasteiger partial charge in [-0.1, -0.05) is 26.8 Å². The van der Waals surface area contributed by atoms with Crippen LogP contribution < -0.4 is 14.8 Å². The molecule has 1 amide bonds. The molecule has 1 aromatic rings. The van der Waals surface area contributed by atoms with Crippen molar-refractivity contribution in [2.45, 2.75) is 64.2 Å². The van der Waals surface area contributed by atoms with Gasteiger partial charge in [-0.15, -0.1) is 8.78 Å². The number of carbonyl (C=O) groups excluding carboxylic acids is 2. The molecule has 2 fully saturated rings. The zero-order chi connectivity index (χ0) is 25.2. The minimum Gasteiger partial charge on any atom is -0.395 e. The van der Waals surface area contributed by atoms with Gasteiger partial charge in [-0.2, -0.15) is 0 Å². The van der Waals surface area contributed by atoms with Gasteiger partial charge in [-0.25, -0.2) is 0 Å². The molecular formula is C26H30F2N2O5. The zero-order valence-electron chi connectivity index (χ0n) is 20.1. The highest BCUT2D eigenvalue weighted by molar-refractivity contribution is 5.92. The Labute approximate surface area is 202 Å². The van der Waals surface area contributed by atoms with E-state index in [1.165, 1.54) is 12.1 Å². The summed E-state index contributed by atoms with van der Waals surface area (Å²) in [5.41, 5.74) is 1.65. The topological polar surface area (TPSA) is 88.1 Å². The van der Waals surface area contributed by atoms with Gasteiger partial charge >= 0.3 is 6.29 Å². The van der Waals surface area contributed by atoms with Gasteiger partial charge in [0.05, 0.1) is 12.0 Å². The number of fused-ring (bicyclic) bond motifs is 2. The first-order chi connectivity index (χ1) is 16.4. The van der Waals surface area contributed by atoms with Gasteiger partial charge in [0, 0.05) is 23.4 Å². The van der Waals surface area contributed by atoms with Crippen LogP contribution in [-0.2, 0) is 15.0 Å². The zero-order valence-corrected chi connectivity index (χ0v) is 20.1. The van der Waals surface area contributed by atoms with Gasteiger partial charge in [-0.05, 0) is 60.9 Å². The number of hydrogen-bond donors (Lipinski definition) is 2. The van der Waals surface area contributed by atoms with E-state index in [0.29, 0.717) is 24.8 Å². The summed E-state index contributed by atoms with van der Waals surface area (Å²) >= 11 is 0. The van der Waals surface area contributed by atoms with Crippen molar-refractivity contribution in [2.75, 3.05) is 13.2 Å². The van der Waals surface area contributed by atoms with Crippen LogP contribution in [0.4, 0.5) is 8.78 Å². The van der Waals surface area contributed by atoms with E-state index in [0.717, 1.165) is 17.8 Å². The normalized spacial score (nSPS) is 25.5. The number of amides is 1. The van der Waals surface area contributed by atoms with E-state index >= 15 is 0 Å². The van der Waals surface area contributed by atoms with Crippen molar-refractivity contribution in [2.24, 2.45) is 11.3 Å². The number of nitrogens with zero attached hydrogens (tertiary/aromatic N) is 1. The predicted molar refractivity (Wildman–Crippen MR) is 123 cm³/mol. The number of alkyl halides is 2. The predicted octanol–water partition coefficient (Wildman–Crippen LogP) is 3.63. The molecule has 2 aliphatic carbocycles. The number of carbonyl (C=O) groups is 2. The minimum atomic E-state index is -3.70. The number of ketones is 1. The van der Waals surface area contributed by atoms with E-state index in [4.69, 9.17) is 0 Å². The van der Waals surface area contributed by atoms with E-state index in [2.05, 4.69) is 40.5 Å². The van der Waals surface area contributed by atoms with Gasteiger partial charge in [0.25, 0.3) is 0 Å². The highest BCUT2D eigenvalue weighted by Gasteiger charge is 2.53. The molecule has 7 nitrogen and oxygen atoms in total. The van der Waals surface area contributed by atoms with Crippen LogP contribution in [0.3, 0.4) is 0 Å². The summed E-state index contributed by atoms with van der Waals surface area (Å²) in [6.45, 7) is 6.10. The number of Topliss-reactive ketones (excluding diaryl/α,β-unsaturated/α-hetero) is 1. The monoisotopic (exact) mass is 488 g/mol. The van der Waals surface area contributed by atoms with E-state index in [1.807, 2.05) is 12.2 Å². The summed E-state index contributed by atoms with van der Waals surface area (Å²) in [5, 5.41) is 12.3. The van der Waals surface area contributed by atoms with Gasteiger partial charge in [-0.3, -0.25) is 9.59 Å². The summed E-state index contributed by atoms with van der Waals surface area (Å²) in [4.78, 5) is 27.4. The second kappa shape index (κ2) is 8.05. The molecule has 0 aromatic heterocycles. The van der Waals surface area contributed by atoms with Crippen molar-refractivity contribution < 1.29 is 33.0 Å². The first-order valence-corrected chi connectivity index (χ1v) is 11.9. The highest BCUT2D eigenvalue weighted by Crippen LogP contribution is 2.52. The number of likely N-dealkylation sites (tertiary alicyclic amines) is 1. The fourth-order valence-corrected chi connectivity index (χ4v) is 5.51. The minimum absolute atomic E-state index is 0.0403. The maximum atomic E-state index is 13.4. The fourth-order valence-electron chi connectivity index (χ4n) is 5.51.